The van der Waals surface area contributed by atoms with Crippen LogP contribution in [0.5, 0.6) is 5.75 Å². The quantitative estimate of drug-likeness (QED) is 0.540. The monoisotopic (exact) mass is 373 g/mol. The number of ether oxygens (including phenoxy) is 1. The molecule has 2 aromatic rings. The lowest BCUT2D eigenvalue weighted by molar-refractivity contribution is -0.384. The second-order valence-corrected chi connectivity index (χ2v) is 5.77. The Bertz CT molecular complexity index is 836. The average Bonchev–Trinajstić information content (AvgIpc) is 2.64. The lowest BCUT2D eigenvalue weighted by Gasteiger charge is -2.25. The molecule has 0 bridgehead atoms. The van der Waals surface area contributed by atoms with Crippen molar-refractivity contribution in [1.82, 2.24) is 0 Å². The molecule has 0 aliphatic heterocycles. The molecular weight excluding hydrogens is 358 g/mol. The molecule has 0 radical (unpaired) electrons. The zero-order valence-electron chi connectivity index (χ0n) is 14.0. The van der Waals surface area contributed by atoms with Gasteiger partial charge in [-0.05, 0) is 25.1 Å². The molecule has 2 aromatic carbocycles. The Kier molecular flexibility index (Phi) is 6.53. The Morgan fingerprint density at radius 3 is 2.62 bits per heavy atom. The maximum absolute atomic E-state index is 12.8. The first-order valence-corrected chi connectivity index (χ1v) is 8.15. The normalized spacial score (nSPS) is 11.3. The third kappa shape index (κ3) is 4.71. The standard InChI is InChI=1S/C18H16ClN3O4/c1-13(26-17-9-8-15(22(24)25)12-16(17)19)18(23)21(11-5-10-20)14-6-3-2-4-7-14/h2-4,6-9,12-13H,5,11H2,1H3/t13-/m0/s1. The molecule has 8 heteroatoms. The summed E-state index contributed by atoms with van der Waals surface area (Å²) in [4.78, 5) is 24.4. The SMILES string of the molecule is C[C@H](Oc1ccc([N+](=O)[O-])cc1Cl)C(=O)N(CCC#N)c1ccccc1. The van der Waals surface area contributed by atoms with Crippen LogP contribution < -0.4 is 9.64 Å². The van der Waals surface area contributed by atoms with Crippen molar-refractivity contribution in [2.24, 2.45) is 0 Å². The predicted octanol–water partition coefficient (Wildman–Crippen LogP) is 3.96. The molecule has 0 N–H and O–H groups in total. The van der Waals surface area contributed by atoms with Crippen LogP contribution in [-0.2, 0) is 4.79 Å². The lowest BCUT2D eigenvalue weighted by Crippen LogP contribution is -2.41. The number of nitro groups is 1. The van der Waals surface area contributed by atoms with E-state index >= 15 is 0 Å². The molecule has 134 valence electrons. The van der Waals surface area contributed by atoms with Gasteiger partial charge in [0.2, 0.25) is 0 Å². The van der Waals surface area contributed by atoms with Gasteiger partial charge in [0, 0.05) is 24.4 Å². The average molecular weight is 374 g/mol. The smallest absolute Gasteiger partial charge is 0.271 e. The number of nitriles is 1. The van der Waals surface area contributed by atoms with Crippen molar-refractivity contribution in [1.29, 1.82) is 5.26 Å². The number of hydrogen-bond donors (Lipinski definition) is 0. The van der Waals surface area contributed by atoms with Crippen molar-refractivity contribution in [2.45, 2.75) is 19.4 Å². The molecule has 1 amide bonds. The summed E-state index contributed by atoms with van der Waals surface area (Å²) in [6, 6.07) is 14.7. The van der Waals surface area contributed by atoms with Crippen LogP contribution in [-0.4, -0.2) is 23.5 Å². The van der Waals surface area contributed by atoms with Crippen molar-refractivity contribution in [3.8, 4) is 11.8 Å². The van der Waals surface area contributed by atoms with Gasteiger partial charge in [0.15, 0.2) is 6.10 Å². The molecule has 0 fully saturated rings. The van der Waals surface area contributed by atoms with Crippen LogP contribution in [0.25, 0.3) is 0 Å². The van der Waals surface area contributed by atoms with Gasteiger partial charge in [-0.2, -0.15) is 5.26 Å². The van der Waals surface area contributed by atoms with Gasteiger partial charge in [0.05, 0.1) is 22.4 Å². The minimum absolute atomic E-state index is 0.0436. The Morgan fingerprint density at radius 2 is 2.04 bits per heavy atom. The van der Waals surface area contributed by atoms with Crippen LogP contribution in [0.2, 0.25) is 5.02 Å². The number of hydrogen-bond acceptors (Lipinski definition) is 5. The molecule has 1 atom stereocenters. The second-order valence-electron chi connectivity index (χ2n) is 5.37. The Hall–Kier alpha value is -3.11. The highest BCUT2D eigenvalue weighted by Crippen LogP contribution is 2.30. The first-order chi connectivity index (χ1) is 12.4. The third-order valence-corrected chi connectivity index (χ3v) is 3.85. The largest absolute Gasteiger partial charge is 0.479 e. The third-order valence-electron chi connectivity index (χ3n) is 3.56. The number of non-ortho nitro benzene ring substituents is 1. The summed E-state index contributed by atoms with van der Waals surface area (Å²) < 4.78 is 5.60. The summed E-state index contributed by atoms with van der Waals surface area (Å²) in [6.07, 6.45) is -0.723. The number of nitrogens with zero attached hydrogens (tertiary/aromatic N) is 3. The summed E-state index contributed by atoms with van der Waals surface area (Å²) in [5, 5.41) is 19.6. The summed E-state index contributed by atoms with van der Waals surface area (Å²) in [5.74, 6) is -0.174. The van der Waals surface area contributed by atoms with Crippen LogP contribution in [0.3, 0.4) is 0 Å². The lowest BCUT2D eigenvalue weighted by atomic mass is 10.2. The van der Waals surface area contributed by atoms with Crippen molar-refractivity contribution in [3.63, 3.8) is 0 Å². The first-order valence-electron chi connectivity index (χ1n) is 7.78. The number of carbonyl (C=O) groups is 1. The van der Waals surface area contributed by atoms with Gasteiger partial charge in [0.1, 0.15) is 5.75 Å². The number of halogens is 1. The zero-order valence-corrected chi connectivity index (χ0v) is 14.7. The van der Waals surface area contributed by atoms with Gasteiger partial charge in [0.25, 0.3) is 11.6 Å². The number of anilines is 1. The number of benzene rings is 2. The van der Waals surface area contributed by atoms with Gasteiger partial charge in [-0.3, -0.25) is 14.9 Å². The highest BCUT2D eigenvalue weighted by molar-refractivity contribution is 6.32. The fourth-order valence-electron chi connectivity index (χ4n) is 2.30. The van der Waals surface area contributed by atoms with Crippen molar-refractivity contribution >= 4 is 28.9 Å². The first kappa shape index (κ1) is 19.2. The van der Waals surface area contributed by atoms with E-state index in [-0.39, 0.29) is 35.3 Å². The highest BCUT2D eigenvalue weighted by atomic mass is 35.5. The van der Waals surface area contributed by atoms with Gasteiger partial charge >= 0.3 is 0 Å². The van der Waals surface area contributed by atoms with Crippen molar-refractivity contribution < 1.29 is 14.5 Å². The maximum Gasteiger partial charge on any atom is 0.271 e. The molecule has 26 heavy (non-hydrogen) atoms. The molecule has 0 aromatic heterocycles. The fourth-order valence-corrected chi connectivity index (χ4v) is 2.51. The van der Waals surface area contributed by atoms with E-state index in [9.17, 15) is 14.9 Å². The van der Waals surface area contributed by atoms with Crippen molar-refractivity contribution in [3.05, 3.63) is 63.7 Å². The zero-order chi connectivity index (χ0) is 19.1. The van der Waals surface area contributed by atoms with Crippen LogP contribution in [0.15, 0.2) is 48.5 Å². The van der Waals surface area contributed by atoms with Crippen molar-refractivity contribution in [2.75, 3.05) is 11.4 Å². The topological polar surface area (TPSA) is 96.5 Å². The van der Waals surface area contributed by atoms with E-state index < -0.39 is 11.0 Å². The van der Waals surface area contributed by atoms with E-state index in [0.717, 1.165) is 0 Å². The molecule has 0 saturated carbocycles. The Morgan fingerprint density at radius 1 is 1.35 bits per heavy atom. The molecule has 7 nitrogen and oxygen atoms in total. The molecule has 0 spiro atoms. The van der Waals surface area contributed by atoms with E-state index in [1.54, 1.807) is 31.2 Å². The number of amides is 1. The minimum Gasteiger partial charge on any atom is -0.479 e. The highest BCUT2D eigenvalue weighted by Gasteiger charge is 2.24. The fraction of sp³-hybridized carbons (Fsp3) is 0.222. The van der Waals surface area contributed by atoms with Crippen LogP contribution in [0.1, 0.15) is 13.3 Å². The Balaban J connectivity index is 2.18. The van der Waals surface area contributed by atoms with Gasteiger partial charge in [-0.1, -0.05) is 29.8 Å². The Labute approximate surface area is 155 Å². The predicted molar refractivity (Wildman–Crippen MR) is 97.2 cm³/mol. The van der Waals surface area contributed by atoms with Gasteiger partial charge in [-0.25, -0.2) is 0 Å². The van der Waals surface area contributed by atoms with Crippen LogP contribution >= 0.6 is 11.6 Å². The maximum atomic E-state index is 12.8. The second kappa shape index (κ2) is 8.83. The van der Waals surface area contributed by atoms with Gasteiger partial charge in [-0.15, -0.1) is 0 Å². The number of carbonyl (C=O) groups excluding carboxylic acids is 1. The summed E-state index contributed by atoms with van der Waals surface area (Å²) in [5.41, 5.74) is 0.485. The molecule has 2 rings (SSSR count). The summed E-state index contributed by atoms with van der Waals surface area (Å²) in [7, 11) is 0. The molecular formula is C18H16ClN3O4. The van der Waals surface area contributed by atoms with Crippen LogP contribution in [0.4, 0.5) is 11.4 Å². The number of nitro benzene ring substituents is 1. The molecule has 0 unspecified atom stereocenters. The molecule has 0 aliphatic carbocycles. The minimum atomic E-state index is -0.896. The van der Waals surface area contributed by atoms with Crippen LogP contribution in [0, 0.1) is 21.4 Å². The van der Waals surface area contributed by atoms with E-state index in [1.807, 2.05) is 12.1 Å². The molecule has 0 aliphatic rings. The van der Waals surface area contributed by atoms with E-state index in [1.165, 1.54) is 23.1 Å². The summed E-state index contributed by atoms with van der Waals surface area (Å²) in [6.45, 7) is 1.78. The molecule has 0 saturated heterocycles. The van der Waals surface area contributed by atoms with E-state index in [0.29, 0.717) is 5.69 Å². The number of rotatable bonds is 7. The summed E-state index contributed by atoms with van der Waals surface area (Å²) >= 11 is 6.01. The molecule has 0 heterocycles. The van der Waals surface area contributed by atoms with E-state index in [2.05, 4.69) is 0 Å². The van der Waals surface area contributed by atoms with E-state index in [4.69, 9.17) is 21.6 Å². The number of para-hydroxylation sites is 1. The van der Waals surface area contributed by atoms with Gasteiger partial charge < -0.3 is 9.64 Å².